The quantitative estimate of drug-likeness (QED) is 0.620. The molecule has 0 aromatic carbocycles. The van der Waals surface area contributed by atoms with Crippen molar-refractivity contribution in [2.24, 2.45) is 0 Å². The molecule has 0 aromatic heterocycles. The molecule has 1 saturated heterocycles. The zero-order valence-corrected chi connectivity index (χ0v) is 9.06. The van der Waals surface area contributed by atoms with E-state index in [0.29, 0.717) is 13.0 Å². The molecule has 1 fully saturated rings. The van der Waals surface area contributed by atoms with Gasteiger partial charge in [0.1, 0.15) is 5.78 Å². The lowest BCUT2D eigenvalue weighted by Crippen LogP contribution is -2.44. The van der Waals surface area contributed by atoms with Crippen LogP contribution in [0.25, 0.3) is 0 Å². The molecule has 1 heterocycles. The first kappa shape index (κ1) is 10.1. The van der Waals surface area contributed by atoms with Gasteiger partial charge in [-0.05, 0) is 0 Å². The number of halogens is 1. The summed E-state index contributed by atoms with van der Waals surface area (Å²) < 4.78 is 23.4. The van der Waals surface area contributed by atoms with Crippen LogP contribution in [-0.4, -0.2) is 42.7 Å². The number of sulfonamides is 1. The molecule has 0 aromatic rings. The molecule has 6 heteroatoms. The standard InChI is InChI=1S/C6H10BrNO3S/c1-12(10,11)8-3-2-6(9)5(7)4-8/h5H,2-4H2,1H3/t5-/m0/s1. The van der Waals surface area contributed by atoms with E-state index in [9.17, 15) is 13.2 Å². The van der Waals surface area contributed by atoms with E-state index in [-0.39, 0.29) is 17.2 Å². The Hall–Kier alpha value is 0.0600. The lowest BCUT2D eigenvalue weighted by molar-refractivity contribution is -0.119. The molecule has 70 valence electrons. The Kier molecular flexibility index (Phi) is 2.90. The molecule has 0 spiro atoms. The van der Waals surface area contributed by atoms with Gasteiger partial charge in [-0.25, -0.2) is 12.7 Å². The molecule has 1 aliphatic rings. The van der Waals surface area contributed by atoms with Crippen LogP contribution in [0.15, 0.2) is 0 Å². The minimum Gasteiger partial charge on any atom is -0.298 e. The van der Waals surface area contributed by atoms with Crippen molar-refractivity contribution in [2.75, 3.05) is 19.3 Å². The molecule has 0 N–H and O–H groups in total. The second kappa shape index (κ2) is 3.43. The number of alkyl halides is 1. The van der Waals surface area contributed by atoms with Gasteiger partial charge in [0.2, 0.25) is 10.0 Å². The first-order valence-electron chi connectivity index (χ1n) is 3.53. The van der Waals surface area contributed by atoms with E-state index in [2.05, 4.69) is 15.9 Å². The third-order valence-electron chi connectivity index (χ3n) is 1.79. The van der Waals surface area contributed by atoms with E-state index in [1.165, 1.54) is 4.31 Å². The first-order chi connectivity index (χ1) is 5.41. The molecule has 0 bridgehead atoms. The first-order valence-corrected chi connectivity index (χ1v) is 6.29. The lowest BCUT2D eigenvalue weighted by Gasteiger charge is -2.26. The van der Waals surface area contributed by atoms with Crippen molar-refractivity contribution < 1.29 is 13.2 Å². The highest BCUT2D eigenvalue weighted by molar-refractivity contribution is 9.10. The zero-order chi connectivity index (χ0) is 9.35. The third-order valence-corrected chi connectivity index (χ3v) is 3.86. The molecule has 0 unspecified atom stereocenters. The molecular formula is C6H10BrNO3S. The Morgan fingerprint density at radius 3 is 2.58 bits per heavy atom. The van der Waals surface area contributed by atoms with Gasteiger partial charge in [-0.15, -0.1) is 0 Å². The Morgan fingerprint density at radius 2 is 2.17 bits per heavy atom. The summed E-state index contributed by atoms with van der Waals surface area (Å²) in [5.74, 6) is 0.0786. The van der Waals surface area contributed by atoms with Crippen molar-refractivity contribution in [3.05, 3.63) is 0 Å². The van der Waals surface area contributed by atoms with Gasteiger partial charge in [0.05, 0.1) is 11.1 Å². The Morgan fingerprint density at radius 1 is 1.58 bits per heavy atom. The predicted octanol–water partition coefficient (Wildman–Crippen LogP) is -0.0157. The number of carbonyl (C=O) groups is 1. The molecule has 0 saturated carbocycles. The normalized spacial score (nSPS) is 27.5. The molecule has 1 atom stereocenters. The number of nitrogens with zero attached hydrogens (tertiary/aromatic N) is 1. The summed E-state index contributed by atoms with van der Waals surface area (Å²) in [6, 6.07) is 0. The van der Waals surface area contributed by atoms with Gasteiger partial charge in [0.15, 0.2) is 0 Å². The molecule has 1 aliphatic heterocycles. The van der Waals surface area contributed by atoms with Gasteiger partial charge in [-0.2, -0.15) is 0 Å². The van der Waals surface area contributed by atoms with Crippen molar-refractivity contribution in [3.8, 4) is 0 Å². The van der Waals surface area contributed by atoms with E-state index in [4.69, 9.17) is 0 Å². The monoisotopic (exact) mass is 255 g/mol. The maximum atomic E-state index is 11.0. The van der Waals surface area contributed by atoms with Crippen molar-refractivity contribution in [1.29, 1.82) is 0 Å². The van der Waals surface area contributed by atoms with Gasteiger partial charge >= 0.3 is 0 Å². The summed E-state index contributed by atoms with van der Waals surface area (Å²) in [6.07, 6.45) is 1.46. The van der Waals surface area contributed by atoms with Crippen molar-refractivity contribution >= 4 is 31.7 Å². The summed E-state index contributed by atoms with van der Waals surface area (Å²) in [4.78, 5) is 10.7. The highest BCUT2D eigenvalue weighted by Gasteiger charge is 2.29. The fourth-order valence-corrected chi connectivity index (χ4v) is 2.68. The summed E-state index contributed by atoms with van der Waals surface area (Å²) in [5.41, 5.74) is 0. The maximum absolute atomic E-state index is 11.0. The number of piperidine rings is 1. The maximum Gasteiger partial charge on any atom is 0.211 e. The van der Waals surface area contributed by atoms with Gasteiger partial charge in [0, 0.05) is 19.5 Å². The van der Waals surface area contributed by atoms with Crippen LogP contribution in [0.5, 0.6) is 0 Å². The highest BCUT2D eigenvalue weighted by Crippen LogP contribution is 2.15. The van der Waals surface area contributed by atoms with Gasteiger partial charge < -0.3 is 0 Å². The van der Waals surface area contributed by atoms with Crippen molar-refractivity contribution in [3.63, 3.8) is 0 Å². The average Bonchev–Trinajstić information content (AvgIpc) is 1.92. The summed E-state index contributed by atoms with van der Waals surface area (Å²) >= 11 is 3.13. The summed E-state index contributed by atoms with van der Waals surface area (Å²) in [6.45, 7) is 0.581. The van der Waals surface area contributed by atoms with Crippen LogP contribution < -0.4 is 0 Å². The number of ketones is 1. The largest absolute Gasteiger partial charge is 0.298 e. The smallest absolute Gasteiger partial charge is 0.211 e. The van der Waals surface area contributed by atoms with Crippen LogP contribution in [-0.2, 0) is 14.8 Å². The van der Waals surface area contributed by atoms with E-state index in [0.717, 1.165) is 6.26 Å². The Balaban J connectivity index is 2.70. The predicted molar refractivity (Wildman–Crippen MR) is 48.8 cm³/mol. The minimum atomic E-state index is -3.13. The Labute approximate surface area is 80.1 Å². The molecule has 0 radical (unpaired) electrons. The van der Waals surface area contributed by atoms with Crippen molar-refractivity contribution in [2.45, 2.75) is 11.2 Å². The van der Waals surface area contributed by atoms with Crippen LogP contribution >= 0.6 is 15.9 Å². The molecule has 1 rings (SSSR count). The number of hydrogen-bond donors (Lipinski definition) is 0. The minimum absolute atomic E-state index is 0.0786. The van der Waals surface area contributed by atoms with Gasteiger partial charge in [-0.3, -0.25) is 4.79 Å². The second-order valence-corrected chi connectivity index (χ2v) is 5.89. The third kappa shape index (κ3) is 2.27. The molecular weight excluding hydrogens is 246 g/mol. The molecule has 0 amide bonds. The molecule has 12 heavy (non-hydrogen) atoms. The average molecular weight is 256 g/mol. The number of carbonyl (C=O) groups excluding carboxylic acids is 1. The topological polar surface area (TPSA) is 54.5 Å². The van der Waals surface area contributed by atoms with E-state index < -0.39 is 10.0 Å². The summed E-state index contributed by atoms with van der Waals surface area (Å²) in [5, 5.41) is 0. The number of rotatable bonds is 1. The van der Waals surface area contributed by atoms with Crippen LogP contribution in [0.4, 0.5) is 0 Å². The SMILES string of the molecule is CS(=O)(=O)N1CCC(=O)[C@@H](Br)C1. The van der Waals surface area contributed by atoms with Crippen LogP contribution in [0.2, 0.25) is 0 Å². The molecule has 4 nitrogen and oxygen atoms in total. The van der Waals surface area contributed by atoms with Crippen LogP contribution in [0.3, 0.4) is 0 Å². The highest BCUT2D eigenvalue weighted by atomic mass is 79.9. The summed E-state index contributed by atoms with van der Waals surface area (Å²) in [7, 11) is -3.13. The molecule has 0 aliphatic carbocycles. The van der Waals surface area contributed by atoms with E-state index >= 15 is 0 Å². The van der Waals surface area contributed by atoms with E-state index in [1.807, 2.05) is 0 Å². The zero-order valence-electron chi connectivity index (χ0n) is 6.66. The van der Waals surface area contributed by atoms with E-state index in [1.54, 1.807) is 0 Å². The van der Waals surface area contributed by atoms with Gasteiger partial charge in [0.25, 0.3) is 0 Å². The lowest BCUT2D eigenvalue weighted by atomic mass is 10.1. The van der Waals surface area contributed by atoms with Crippen LogP contribution in [0, 0.1) is 0 Å². The van der Waals surface area contributed by atoms with Gasteiger partial charge in [-0.1, -0.05) is 15.9 Å². The van der Waals surface area contributed by atoms with Crippen LogP contribution in [0.1, 0.15) is 6.42 Å². The van der Waals surface area contributed by atoms with Crippen molar-refractivity contribution in [1.82, 2.24) is 4.31 Å². The fourth-order valence-electron chi connectivity index (χ4n) is 1.06. The second-order valence-electron chi connectivity index (χ2n) is 2.80. The fraction of sp³-hybridized carbons (Fsp3) is 0.833. The number of hydrogen-bond acceptors (Lipinski definition) is 3. The Bertz CT molecular complexity index is 287. The number of Topliss-reactive ketones (excluding diaryl/α,β-unsaturated/α-hetero) is 1.